The predicted molar refractivity (Wildman–Crippen MR) is 114 cm³/mol. The van der Waals surface area contributed by atoms with Gasteiger partial charge in [0.2, 0.25) is 0 Å². The molecular weight excluding hydrogens is 521 g/mol. The molecule has 2 N–H and O–H groups in total. The minimum Gasteiger partial charge on any atom is -0.870 e. The summed E-state index contributed by atoms with van der Waals surface area (Å²) in [5.41, 5.74) is -0.923. The van der Waals surface area contributed by atoms with E-state index in [4.69, 9.17) is 5.11 Å². The Kier molecular flexibility index (Phi) is 10.6. The molecular formula is C23H15F6N2NaO5. The van der Waals surface area contributed by atoms with E-state index in [9.17, 15) is 35.9 Å². The Labute approximate surface area is 226 Å². The SMILES string of the molecule is COC(=O)c1ccc2ncc(C(F)(F)F)cc2c1.O=C(O)c1ccc2ncc(C(F)(F)F)cc2c1.[Na+].[OH-]. The Hall–Kier alpha value is -3.26. The van der Waals surface area contributed by atoms with Crippen molar-refractivity contribution in [3.05, 3.63) is 83.2 Å². The third kappa shape index (κ3) is 7.86. The number of aromatic carboxylic acids is 1. The fraction of sp³-hybridized carbons (Fsp3) is 0.130. The van der Waals surface area contributed by atoms with Crippen LogP contribution in [0.25, 0.3) is 21.8 Å². The van der Waals surface area contributed by atoms with Crippen molar-refractivity contribution in [3.8, 4) is 0 Å². The van der Waals surface area contributed by atoms with E-state index in [2.05, 4.69) is 14.7 Å². The largest absolute Gasteiger partial charge is 1.00 e. The van der Waals surface area contributed by atoms with Crippen molar-refractivity contribution >= 4 is 33.7 Å². The number of halogens is 6. The zero-order chi connectivity index (χ0) is 26.0. The van der Waals surface area contributed by atoms with Crippen LogP contribution in [0.15, 0.2) is 60.9 Å². The molecule has 0 fully saturated rings. The molecule has 0 atom stereocenters. The number of carboxylic acids is 1. The number of alkyl halides is 6. The zero-order valence-electron chi connectivity index (χ0n) is 19.1. The number of carbonyl (C=O) groups excluding carboxylic acids is 1. The number of carbonyl (C=O) groups is 2. The van der Waals surface area contributed by atoms with Crippen molar-refractivity contribution in [2.45, 2.75) is 12.4 Å². The van der Waals surface area contributed by atoms with Gasteiger partial charge in [-0.2, -0.15) is 26.3 Å². The first kappa shape index (κ1) is 31.8. The maximum absolute atomic E-state index is 12.5. The van der Waals surface area contributed by atoms with Crippen LogP contribution in [0.2, 0.25) is 0 Å². The van der Waals surface area contributed by atoms with Crippen molar-refractivity contribution in [1.29, 1.82) is 0 Å². The van der Waals surface area contributed by atoms with Crippen LogP contribution in [0.1, 0.15) is 31.8 Å². The van der Waals surface area contributed by atoms with Crippen molar-refractivity contribution in [2.75, 3.05) is 7.11 Å². The Bertz CT molecular complexity index is 1430. The average molecular weight is 536 g/mol. The topological polar surface area (TPSA) is 119 Å². The molecule has 190 valence electrons. The standard InChI is InChI=1S/C12H8F3NO2.C11H6F3NO2.Na.H2O/c1-18-11(17)7-2-3-10-8(4-7)5-9(6-16-10)12(13,14)15;12-11(13,14)8-4-7-3-6(10(16)17)1-2-9(7)15-5-8;;/h2-6H,1H3;1-5H,(H,16,17);;1H2/q;;+1;/p-1. The normalized spacial score (nSPS) is 11.0. The number of fused-ring (bicyclic) bond motifs is 2. The first-order chi connectivity index (χ1) is 16.3. The molecule has 0 radical (unpaired) electrons. The number of methoxy groups -OCH3 is 1. The monoisotopic (exact) mass is 536 g/mol. The van der Waals surface area contributed by atoms with Gasteiger partial charge in [0.25, 0.3) is 0 Å². The number of esters is 1. The van der Waals surface area contributed by atoms with E-state index in [0.717, 1.165) is 24.5 Å². The summed E-state index contributed by atoms with van der Waals surface area (Å²) in [7, 11) is 1.21. The van der Waals surface area contributed by atoms with Gasteiger partial charge in [0.1, 0.15) is 0 Å². The molecule has 0 aliphatic rings. The second kappa shape index (κ2) is 12.3. The Balaban J connectivity index is 0.000000351. The number of rotatable bonds is 2. The number of hydrogen-bond acceptors (Lipinski definition) is 6. The van der Waals surface area contributed by atoms with Crippen molar-refractivity contribution in [2.24, 2.45) is 0 Å². The third-order valence-electron chi connectivity index (χ3n) is 4.69. The minimum atomic E-state index is -4.49. The molecule has 0 amide bonds. The molecule has 2 aromatic carbocycles. The van der Waals surface area contributed by atoms with E-state index >= 15 is 0 Å². The summed E-state index contributed by atoms with van der Waals surface area (Å²) in [5, 5.41) is 9.13. The Morgan fingerprint density at radius 3 is 1.54 bits per heavy atom. The molecule has 0 saturated carbocycles. The molecule has 0 bridgehead atoms. The molecule has 4 rings (SSSR count). The Morgan fingerprint density at radius 2 is 1.16 bits per heavy atom. The van der Waals surface area contributed by atoms with Gasteiger partial charge in [-0.1, -0.05) is 0 Å². The van der Waals surface area contributed by atoms with Crippen LogP contribution in [0, 0.1) is 0 Å². The van der Waals surface area contributed by atoms with Crippen LogP contribution in [-0.2, 0) is 17.1 Å². The number of pyridine rings is 2. The van der Waals surface area contributed by atoms with Gasteiger partial charge in [0.05, 0.1) is 40.4 Å². The van der Waals surface area contributed by atoms with Crippen LogP contribution in [0.3, 0.4) is 0 Å². The quantitative estimate of drug-likeness (QED) is 0.238. The minimum absolute atomic E-state index is 0. The summed E-state index contributed by atoms with van der Waals surface area (Å²) in [6, 6.07) is 9.92. The number of carboxylic acid groups (broad SMARTS) is 1. The Morgan fingerprint density at radius 1 is 0.757 bits per heavy atom. The van der Waals surface area contributed by atoms with Crippen molar-refractivity contribution in [1.82, 2.24) is 9.97 Å². The maximum Gasteiger partial charge on any atom is 1.00 e. The van der Waals surface area contributed by atoms with Crippen molar-refractivity contribution in [3.63, 3.8) is 0 Å². The smallest absolute Gasteiger partial charge is 0.870 e. The molecule has 14 heteroatoms. The summed E-state index contributed by atoms with van der Waals surface area (Å²) in [6.45, 7) is 0. The van der Waals surface area contributed by atoms with Gasteiger partial charge in [-0.05, 0) is 48.5 Å². The van der Waals surface area contributed by atoms with Gasteiger partial charge in [-0.15, -0.1) is 0 Å². The van der Waals surface area contributed by atoms with Gasteiger partial charge >= 0.3 is 53.8 Å². The molecule has 37 heavy (non-hydrogen) atoms. The molecule has 2 heterocycles. The number of hydrogen-bond donors (Lipinski definition) is 1. The number of aromatic nitrogens is 2. The number of nitrogens with zero attached hydrogens (tertiary/aromatic N) is 2. The summed E-state index contributed by atoms with van der Waals surface area (Å²) < 4.78 is 79.3. The molecule has 4 aromatic rings. The summed E-state index contributed by atoms with van der Waals surface area (Å²) in [4.78, 5) is 29.3. The fourth-order valence-corrected chi connectivity index (χ4v) is 2.95. The third-order valence-corrected chi connectivity index (χ3v) is 4.69. The average Bonchev–Trinajstić information content (AvgIpc) is 2.81. The van der Waals surface area contributed by atoms with Gasteiger partial charge in [0, 0.05) is 23.2 Å². The van der Waals surface area contributed by atoms with E-state index in [1.54, 1.807) is 0 Å². The molecule has 0 saturated heterocycles. The number of benzene rings is 2. The summed E-state index contributed by atoms with van der Waals surface area (Å²) >= 11 is 0. The van der Waals surface area contributed by atoms with Gasteiger partial charge in [-0.3, -0.25) is 9.97 Å². The molecule has 0 aliphatic carbocycles. The molecule has 0 aliphatic heterocycles. The van der Waals surface area contributed by atoms with Crippen LogP contribution >= 0.6 is 0 Å². The van der Waals surface area contributed by atoms with E-state index in [0.29, 0.717) is 11.0 Å². The first-order valence-corrected chi connectivity index (χ1v) is 9.55. The van der Waals surface area contributed by atoms with Crippen LogP contribution < -0.4 is 29.6 Å². The molecule has 2 aromatic heterocycles. The van der Waals surface area contributed by atoms with Crippen LogP contribution in [0.5, 0.6) is 0 Å². The predicted octanol–water partition coefficient (Wildman–Crippen LogP) is 2.82. The second-order valence-corrected chi connectivity index (χ2v) is 7.06. The van der Waals surface area contributed by atoms with E-state index in [1.165, 1.54) is 43.5 Å². The van der Waals surface area contributed by atoms with E-state index < -0.39 is 35.4 Å². The second-order valence-electron chi connectivity index (χ2n) is 7.06. The van der Waals surface area contributed by atoms with Crippen LogP contribution in [-0.4, -0.2) is 39.6 Å². The van der Waals surface area contributed by atoms with E-state index in [1.807, 2.05) is 0 Å². The van der Waals surface area contributed by atoms with Gasteiger partial charge in [0.15, 0.2) is 0 Å². The number of ether oxygens (including phenoxy) is 1. The zero-order valence-corrected chi connectivity index (χ0v) is 21.1. The summed E-state index contributed by atoms with van der Waals surface area (Å²) in [6.07, 6.45) is -7.45. The maximum atomic E-state index is 12.5. The summed E-state index contributed by atoms with van der Waals surface area (Å²) in [5.74, 6) is -1.79. The molecule has 0 unspecified atom stereocenters. The van der Waals surface area contributed by atoms with Gasteiger partial charge in [-0.25, -0.2) is 9.59 Å². The molecule has 7 nitrogen and oxygen atoms in total. The van der Waals surface area contributed by atoms with Gasteiger partial charge < -0.3 is 15.3 Å². The van der Waals surface area contributed by atoms with Crippen LogP contribution in [0.4, 0.5) is 26.3 Å². The van der Waals surface area contributed by atoms with Crippen molar-refractivity contribution < 1.29 is 80.8 Å². The molecule has 0 spiro atoms. The first-order valence-electron chi connectivity index (χ1n) is 9.55. The van der Waals surface area contributed by atoms with E-state index in [-0.39, 0.29) is 56.9 Å². The fourth-order valence-electron chi connectivity index (χ4n) is 2.95.